The summed E-state index contributed by atoms with van der Waals surface area (Å²) in [6, 6.07) is 6.72. The minimum Gasteiger partial charge on any atom is -0.354 e. The Labute approximate surface area is 128 Å². The van der Waals surface area contributed by atoms with Crippen molar-refractivity contribution in [1.82, 2.24) is 9.97 Å². The van der Waals surface area contributed by atoms with E-state index in [0.29, 0.717) is 5.75 Å². The molecule has 2 aromatic rings. The highest BCUT2D eigenvalue weighted by Gasteiger charge is 2.16. The molecule has 0 amide bonds. The van der Waals surface area contributed by atoms with Crippen molar-refractivity contribution in [2.24, 2.45) is 0 Å². The zero-order chi connectivity index (χ0) is 14.5. The number of aromatic nitrogens is 2. The third-order valence-corrected chi connectivity index (χ3v) is 4.61. The van der Waals surface area contributed by atoms with Crippen LogP contribution in [0.5, 0.6) is 0 Å². The summed E-state index contributed by atoms with van der Waals surface area (Å²) in [7, 11) is 0. The molecule has 110 valence electrons. The maximum absolute atomic E-state index is 13.2. The molecule has 1 saturated heterocycles. The molecule has 0 aliphatic carbocycles. The fourth-order valence-corrected chi connectivity index (χ4v) is 3.45. The van der Waals surface area contributed by atoms with Gasteiger partial charge in [-0.25, -0.2) is 14.4 Å². The number of piperidine rings is 1. The third-order valence-electron chi connectivity index (χ3n) is 3.57. The standard InChI is InChI=1S/C16H18FN3S/c17-14-6-4-5-13(11-14)12-21-16-15(18-7-8-19-16)20-9-2-1-3-10-20/h4-8,11H,1-3,9-10,12H2. The molecule has 2 heterocycles. The van der Waals surface area contributed by atoms with E-state index >= 15 is 0 Å². The second kappa shape index (κ2) is 6.89. The van der Waals surface area contributed by atoms with Gasteiger partial charge < -0.3 is 4.90 Å². The van der Waals surface area contributed by atoms with Crippen LogP contribution in [0.25, 0.3) is 0 Å². The Kier molecular flexibility index (Phi) is 4.70. The van der Waals surface area contributed by atoms with Gasteiger partial charge in [0.1, 0.15) is 10.8 Å². The summed E-state index contributed by atoms with van der Waals surface area (Å²) in [5.41, 5.74) is 0.968. The van der Waals surface area contributed by atoms with Crippen molar-refractivity contribution in [2.75, 3.05) is 18.0 Å². The van der Waals surface area contributed by atoms with Crippen LogP contribution in [0.3, 0.4) is 0 Å². The molecule has 1 aliphatic heterocycles. The molecule has 1 fully saturated rings. The Morgan fingerprint density at radius 1 is 1.10 bits per heavy atom. The summed E-state index contributed by atoms with van der Waals surface area (Å²) in [6.45, 7) is 2.10. The number of thioether (sulfide) groups is 1. The lowest BCUT2D eigenvalue weighted by atomic mass is 10.1. The molecule has 0 bridgehead atoms. The number of anilines is 1. The van der Waals surface area contributed by atoms with Gasteiger partial charge in [-0.1, -0.05) is 23.9 Å². The van der Waals surface area contributed by atoms with Crippen molar-refractivity contribution in [3.63, 3.8) is 0 Å². The van der Waals surface area contributed by atoms with Gasteiger partial charge in [0.15, 0.2) is 5.82 Å². The van der Waals surface area contributed by atoms with E-state index in [2.05, 4.69) is 14.9 Å². The fraction of sp³-hybridized carbons (Fsp3) is 0.375. The van der Waals surface area contributed by atoms with Crippen LogP contribution in [0.15, 0.2) is 41.7 Å². The predicted molar refractivity (Wildman–Crippen MR) is 84.1 cm³/mol. The Morgan fingerprint density at radius 2 is 1.90 bits per heavy atom. The largest absolute Gasteiger partial charge is 0.354 e. The van der Waals surface area contributed by atoms with Gasteiger partial charge in [0.25, 0.3) is 0 Å². The van der Waals surface area contributed by atoms with Gasteiger partial charge in [0.05, 0.1) is 0 Å². The first-order chi connectivity index (χ1) is 10.3. The van der Waals surface area contributed by atoms with E-state index in [1.54, 1.807) is 36.3 Å². The summed E-state index contributed by atoms with van der Waals surface area (Å²) in [5, 5.41) is 0.934. The van der Waals surface area contributed by atoms with Crippen LogP contribution in [-0.2, 0) is 5.75 Å². The lowest BCUT2D eigenvalue weighted by Crippen LogP contribution is -2.30. The van der Waals surface area contributed by atoms with Gasteiger partial charge in [-0.15, -0.1) is 0 Å². The maximum atomic E-state index is 13.2. The summed E-state index contributed by atoms with van der Waals surface area (Å²) >= 11 is 1.62. The van der Waals surface area contributed by atoms with Crippen LogP contribution in [0.4, 0.5) is 10.2 Å². The van der Waals surface area contributed by atoms with E-state index in [4.69, 9.17) is 0 Å². The summed E-state index contributed by atoms with van der Waals surface area (Å²) in [5.74, 6) is 1.49. The monoisotopic (exact) mass is 303 g/mol. The molecular formula is C16H18FN3S. The maximum Gasteiger partial charge on any atom is 0.161 e. The average molecular weight is 303 g/mol. The van der Waals surface area contributed by atoms with Crippen molar-refractivity contribution < 1.29 is 4.39 Å². The zero-order valence-corrected chi connectivity index (χ0v) is 12.7. The highest BCUT2D eigenvalue weighted by Crippen LogP contribution is 2.30. The quantitative estimate of drug-likeness (QED) is 0.801. The third kappa shape index (κ3) is 3.73. The summed E-state index contributed by atoms with van der Waals surface area (Å²) < 4.78 is 13.2. The molecule has 0 radical (unpaired) electrons. The molecule has 5 heteroatoms. The number of nitrogens with zero attached hydrogens (tertiary/aromatic N) is 3. The number of hydrogen-bond acceptors (Lipinski definition) is 4. The minimum absolute atomic E-state index is 0.191. The Bertz CT molecular complexity index is 600. The highest BCUT2D eigenvalue weighted by molar-refractivity contribution is 7.98. The van der Waals surface area contributed by atoms with Crippen LogP contribution in [0, 0.1) is 5.82 Å². The molecule has 1 aromatic carbocycles. The number of hydrogen-bond donors (Lipinski definition) is 0. The topological polar surface area (TPSA) is 29.0 Å². The van der Waals surface area contributed by atoms with Crippen molar-refractivity contribution >= 4 is 17.6 Å². The lowest BCUT2D eigenvalue weighted by Gasteiger charge is -2.28. The van der Waals surface area contributed by atoms with E-state index in [0.717, 1.165) is 29.5 Å². The summed E-state index contributed by atoms with van der Waals surface area (Å²) in [6.07, 6.45) is 7.19. The van der Waals surface area contributed by atoms with Crippen molar-refractivity contribution in [1.29, 1.82) is 0 Å². The van der Waals surface area contributed by atoms with E-state index in [1.807, 2.05) is 6.07 Å². The van der Waals surface area contributed by atoms with Gasteiger partial charge in [-0.05, 0) is 37.0 Å². The Morgan fingerprint density at radius 3 is 2.71 bits per heavy atom. The first-order valence-electron chi connectivity index (χ1n) is 7.26. The molecule has 1 aromatic heterocycles. The Hall–Kier alpha value is -1.62. The molecule has 21 heavy (non-hydrogen) atoms. The average Bonchev–Trinajstić information content (AvgIpc) is 2.54. The number of benzene rings is 1. The van der Waals surface area contributed by atoms with Gasteiger partial charge in [0, 0.05) is 31.2 Å². The van der Waals surface area contributed by atoms with Gasteiger partial charge in [-0.2, -0.15) is 0 Å². The van der Waals surface area contributed by atoms with Crippen molar-refractivity contribution in [3.05, 3.63) is 48.0 Å². The molecule has 0 saturated carbocycles. The second-order valence-corrected chi connectivity index (χ2v) is 6.12. The van der Waals surface area contributed by atoms with E-state index in [1.165, 1.54) is 25.3 Å². The van der Waals surface area contributed by atoms with Crippen LogP contribution < -0.4 is 4.90 Å². The number of rotatable bonds is 4. The van der Waals surface area contributed by atoms with Crippen LogP contribution in [-0.4, -0.2) is 23.1 Å². The van der Waals surface area contributed by atoms with E-state index in [-0.39, 0.29) is 5.82 Å². The first-order valence-corrected chi connectivity index (χ1v) is 8.25. The minimum atomic E-state index is -0.191. The van der Waals surface area contributed by atoms with E-state index in [9.17, 15) is 4.39 Å². The van der Waals surface area contributed by atoms with Gasteiger partial charge in [-0.3, -0.25) is 0 Å². The lowest BCUT2D eigenvalue weighted by molar-refractivity contribution is 0.568. The molecule has 3 nitrogen and oxygen atoms in total. The molecule has 0 atom stereocenters. The van der Waals surface area contributed by atoms with Crippen molar-refractivity contribution in [3.8, 4) is 0 Å². The molecular weight excluding hydrogens is 285 g/mol. The SMILES string of the molecule is Fc1cccc(CSc2nccnc2N2CCCCC2)c1. The van der Waals surface area contributed by atoms with Gasteiger partial charge in [0.2, 0.25) is 0 Å². The fourth-order valence-electron chi connectivity index (χ4n) is 2.52. The normalized spacial score (nSPS) is 15.2. The molecule has 0 spiro atoms. The van der Waals surface area contributed by atoms with Crippen LogP contribution >= 0.6 is 11.8 Å². The highest BCUT2D eigenvalue weighted by atomic mass is 32.2. The number of halogens is 1. The molecule has 1 aliphatic rings. The van der Waals surface area contributed by atoms with Gasteiger partial charge >= 0.3 is 0 Å². The second-order valence-electron chi connectivity index (χ2n) is 5.15. The Balaban J connectivity index is 1.73. The zero-order valence-electron chi connectivity index (χ0n) is 11.8. The molecule has 0 unspecified atom stereocenters. The predicted octanol–water partition coefficient (Wildman–Crippen LogP) is 3.90. The smallest absolute Gasteiger partial charge is 0.161 e. The van der Waals surface area contributed by atoms with Crippen LogP contribution in [0.1, 0.15) is 24.8 Å². The molecule has 0 N–H and O–H groups in total. The van der Waals surface area contributed by atoms with Crippen molar-refractivity contribution in [2.45, 2.75) is 30.0 Å². The van der Waals surface area contributed by atoms with E-state index < -0.39 is 0 Å². The van der Waals surface area contributed by atoms with Crippen LogP contribution in [0.2, 0.25) is 0 Å². The summed E-state index contributed by atoms with van der Waals surface area (Å²) in [4.78, 5) is 11.3. The first kappa shape index (κ1) is 14.3. The molecule has 3 rings (SSSR count).